The van der Waals surface area contributed by atoms with Crippen LogP contribution in [-0.4, -0.2) is 48.0 Å². The normalized spacial score (nSPS) is 12.2. The highest BCUT2D eigenvalue weighted by molar-refractivity contribution is 5.41. The molecule has 1 rings (SSSR count). The average Bonchev–Trinajstić information content (AvgIpc) is 2.40. The Morgan fingerprint density at radius 1 is 1.53 bits per heavy atom. The van der Waals surface area contributed by atoms with Gasteiger partial charge in [0.25, 0.3) is 0 Å². The molecule has 0 aliphatic rings. The first-order valence-corrected chi connectivity index (χ1v) is 6.34. The molecule has 19 heavy (non-hydrogen) atoms. The van der Waals surface area contributed by atoms with Crippen LogP contribution in [-0.2, 0) is 4.74 Å². The molecule has 1 aromatic rings. The lowest BCUT2D eigenvalue weighted by atomic mass is 10.2. The molecule has 6 nitrogen and oxygen atoms in total. The second-order valence-electron chi connectivity index (χ2n) is 4.13. The molecule has 0 fully saturated rings. The van der Waals surface area contributed by atoms with E-state index in [-0.39, 0.29) is 18.5 Å². The lowest BCUT2D eigenvalue weighted by Gasteiger charge is -2.18. The number of hydrogen-bond donors (Lipinski definition) is 3. The summed E-state index contributed by atoms with van der Waals surface area (Å²) in [6.07, 6.45) is 2.51. The predicted molar refractivity (Wildman–Crippen MR) is 71.8 cm³/mol. The van der Waals surface area contributed by atoms with Crippen molar-refractivity contribution in [3.8, 4) is 0 Å². The van der Waals surface area contributed by atoms with Crippen LogP contribution in [0.15, 0.2) is 6.20 Å². The largest absolute Gasteiger partial charge is 0.396 e. The van der Waals surface area contributed by atoms with E-state index in [0.717, 1.165) is 19.2 Å². The number of methoxy groups -OCH3 is 1. The highest BCUT2D eigenvalue weighted by atomic mass is 19.1. The summed E-state index contributed by atoms with van der Waals surface area (Å²) in [4.78, 5) is 7.93. The minimum absolute atomic E-state index is 0.00529. The summed E-state index contributed by atoms with van der Waals surface area (Å²) in [7, 11) is 1.55. The van der Waals surface area contributed by atoms with E-state index in [1.54, 1.807) is 7.11 Å². The molecule has 0 bridgehead atoms. The molecule has 0 spiro atoms. The molecule has 1 heterocycles. The molecule has 0 saturated carbocycles. The van der Waals surface area contributed by atoms with Gasteiger partial charge in [-0.1, -0.05) is 6.92 Å². The van der Waals surface area contributed by atoms with E-state index in [1.807, 2.05) is 6.92 Å². The second-order valence-corrected chi connectivity index (χ2v) is 4.13. The average molecular weight is 272 g/mol. The van der Waals surface area contributed by atoms with Gasteiger partial charge in [-0.05, 0) is 12.8 Å². The van der Waals surface area contributed by atoms with Gasteiger partial charge in [0.15, 0.2) is 11.6 Å². The number of aliphatic hydroxyl groups excluding tert-OH is 1. The van der Waals surface area contributed by atoms with Crippen molar-refractivity contribution in [2.45, 2.75) is 25.8 Å². The van der Waals surface area contributed by atoms with Crippen molar-refractivity contribution in [3.05, 3.63) is 12.0 Å². The van der Waals surface area contributed by atoms with Crippen LogP contribution >= 0.6 is 0 Å². The fourth-order valence-corrected chi connectivity index (χ4v) is 1.54. The molecule has 1 atom stereocenters. The number of hydrogen-bond acceptors (Lipinski definition) is 6. The smallest absolute Gasteiger partial charge is 0.224 e. The lowest BCUT2D eigenvalue weighted by Crippen LogP contribution is -2.27. The second kappa shape index (κ2) is 8.60. The molecular formula is C12H21FN4O2. The summed E-state index contributed by atoms with van der Waals surface area (Å²) in [5, 5.41) is 14.9. The molecule has 7 heteroatoms. The number of nitrogens with zero attached hydrogens (tertiary/aromatic N) is 2. The van der Waals surface area contributed by atoms with Crippen molar-refractivity contribution < 1.29 is 14.2 Å². The summed E-state index contributed by atoms with van der Waals surface area (Å²) < 4.78 is 18.6. The van der Waals surface area contributed by atoms with E-state index in [1.165, 1.54) is 0 Å². The van der Waals surface area contributed by atoms with E-state index < -0.39 is 5.82 Å². The molecule has 0 aromatic carbocycles. The number of ether oxygens (including phenoxy) is 1. The standard InChI is InChI=1S/C12H21FN4O2/c1-3-5-14-12-15-7-10(13)11(17-12)16-9(4-6-18)8-19-2/h7,9,18H,3-6,8H2,1-2H3,(H2,14,15,16,17). The van der Waals surface area contributed by atoms with Crippen molar-refractivity contribution >= 4 is 11.8 Å². The van der Waals surface area contributed by atoms with Crippen molar-refractivity contribution in [1.82, 2.24) is 9.97 Å². The maximum atomic E-state index is 13.6. The van der Waals surface area contributed by atoms with Crippen molar-refractivity contribution in [2.75, 3.05) is 37.5 Å². The van der Waals surface area contributed by atoms with Gasteiger partial charge in [0.2, 0.25) is 5.95 Å². The molecular weight excluding hydrogens is 251 g/mol. The van der Waals surface area contributed by atoms with Gasteiger partial charge in [0.1, 0.15) is 0 Å². The first-order valence-electron chi connectivity index (χ1n) is 6.34. The topological polar surface area (TPSA) is 79.3 Å². The Labute approximate surface area is 112 Å². The van der Waals surface area contributed by atoms with Gasteiger partial charge in [-0.15, -0.1) is 0 Å². The SMILES string of the molecule is CCCNc1ncc(F)c(NC(CCO)COC)n1. The van der Waals surface area contributed by atoms with Crippen molar-refractivity contribution in [2.24, 2.45) is 0 Å². The molecule has 3 N–H and O–H groups in total. The molecule has 0 radical (unpaired) electrons. The maximum Gasteiger partial charge on any atom is 0.224 e. The van der Waals surface area contributed by atoms with Crippen LogP contribution in [0.25, 0.3) is 0 Å². The Morgan fingerprint density at radius 2 is 2.32 bits per heavy atom. The van der Waals surface area contributed by atoms with Crippen molar-refractivity contribution in [1.29, 1.82) is 0 Å². The molecule has 108 valence electrons. The fraction of sp³-hybridized carbons (Fsp3) is 0.667. The number of aliphatic hydroxyl groups is 1. The van der Waals surface area contributed by atoms with Gasteiger partial charge < -0.3 is 20.5 Å². The Morgan fingerprint density at radius 3 is 2.95 bits per heavy atom. The Bertz CT molecular complexity index is 373. The minimum Gasteiger partial charge on any atom is -0.396 e. The van der Waals surface area contributed by atoms with Gasteiger partial charge in [0, 0.05) is 20.3 Å². The van der Waals surface area contributed by atoms with Crippen LogP contribution in [0.1, 0.15) is 19.8 Å². The summed E-state index contributed by atoms with van der Waals surface area (Å²) in [6, 6.07) is -0.196. The Balaban J connectivity index is 2.73. The monoisotopic (exact) mass is 272 g/mol. The van der Waals surface area contributed by atoms with Gasteiger partial charge in [-0.25, -0.2) is 9.37 Å². The highest BCUT2D eigenvalue weighted by Gasteiger charge is 2.13. The van der Waals surface area contributed by atoms with Crippen LogP contribution < -0.4 is 10.6 Å². The predicted octanol–water partition coefficient (Wildman–Crippen LogP) is 1.25. The lowest BCUT2D eigenvalue weighted by molar-refractivity contribution is 0.170. The first-order chi connectivity index (χ1) is 9.21. The molecule has 1 aromatic heterocycles. The van der Waals surface area contributed by atoms with Gasteiger partial charge in [-0.2, -0.15) is 4.98 Å². The van der Waals surface area contributed by atoms with Crippen molar-refractivity contribution in [3.63, 3.8) is 0 Å². The summed E-state index contributed by atoms with van der Waals surface area (Å²) in [6.45, 7) is 3.10. The van der Waals surface area contributed by atoms with E-state index in [4.69, 9.17) is 9.84 Å². The van der Waals surface area contributed by atoms with Crippen LogP contribution in [0, 0.1) is 5.82 Å². The third kappa shape index (κ3) is 5.35. The number of anilines is 2. The first kappa shape index (κ1) is 15.6. The fourth-order valence-electron chi connectivity index (χ4n) is 1.54. The molecule has 0 aliphatic carbocycles. The Hall–Kier alpha value is -1.47. The molecule has 0 aliphatic heterocycles. The van der Waals surface area contributed by atoms with Gasteiger partial charge >= 0.3 is 0 Å². The zero-order valence-electron chi connectivity index (χ0n) is 11.3. The molecule has 1 unspecified atom stereocenters. The summed E-state index contributed by atoms with van der Waals surface area (Å²) >= 11 is 0. The van der Waals surface area contributed by atoms with E-state index in [2.05, 4.69) is 20.6 Å². The van der Waals surface area contributed by atoms with E-state index >= 15 is 0 Å². The van der Waals surface area contributed by atoms with Crippen LogP contribution in [0.4, 0.5) is 16.2 Å². The number of nitrogens with one attached hydrogen (secondary N) is 2. The quantitative estimate of drug-likeness (QED) is 0.628. The Kier molecular flexibility index (Phi) is 7.06. The number of aromatic nitrogens is 2. The van der Waals surface area contributed by atoms with Crippen LogP contribution in [0.3, 0.4) is 0 Å². The number of rotatable bonds is 9. The number of halogens is 1. The van der Waals surface area contributed by atoms with E-state index in [0.29, 0.717) is 19.0 Å². The zero-order valence-corrected chi connectivity index (χ0v) is 11.3. The summed E-state index contributed by atoms with van der Waals surface area (Å²) in [5.41, 5.74) is 0. The zero-order chi connectivity index (χ0) is 14.1. The van der Waals surface area contributed by atoms with Gasteiger partial charge in [0.05, 0.1) is 18.8 Å². The van der Waals surface area contributed by atoms with Crippen LogP contribution in [0.5, 0.6) is 0 Å². The third-order valence-electron chi connectivity index (χ3n) is 2.46. The molecule has 0 amide bonds. The van der Waals surface area contributed by atoms with Crippen LogP contribution in [0.2, 0.25) is 0 Å². The van der Waals surface area contributed by atoms with Gasteiger partial charge in [-0.3, -0.25) is 0 Å². The third-order valence-corrected chi connectivity index (χ3v) is 2.46. The maximum absolute atomic E-state index is 13.6. The highest BCUT2D eigenvalue weighted by Crippen LogP contribution is 2.14. The van der Waals surface area contributed by atoms with E-state index in [9.17, 15) is 4.39 Å². The minimum atomic E-state index is -0.527. The summed E-state index contributed by atoms with van der Waals surface area (Å²) in [5.74, 6) is -0.0314. The molecule has 0 saturated heterocycles.